The molecular weight excluding hydrogens is 340 g/mol. The van der Waals surface area contributed by atoms with Crippen LogP contribution >= 0.6 is 11.6 Å². The number of hydrogen-bond donors (Lipinski definition) is 1. The predicted octanol–water partition coefficient (Wildman–Crippen LogP) is 4.99. The lowest BCUT2D eigenvalue weighted by atomic mass is 10.1. The van der Waals surface area contributed by atoms with Crippen molar-refractivity contribution in [2.75, 3.05) is 13.2 Å². The lowest BCUT2D eigenvalue weighted by molar-refractivity contribution is -0.220. The molecule has 4 nitrogen and oxygen atoms in total. The Kier molecular flexibility index (Phi) is 12.6. The minimum Gasteiger partial charge on any atom is -0.388 e. The molecule has 0 saturated carbocycles. The van der Waals surface area contributed by atoms with E-state index in [0.717, 1.165) is 18.4 Å². The highest BCUT2D eigenvalue weighted by Crippen LogP contribution is 2.22. The number of benzene rings is 1. The Morgan fingerprint density at radius 1 is 1.04 bits per heavy atom. The molecule has 0 aliphatic carbocycles. The predicted molar refractivity (Wildman–Crippen MR) is 101 cm³/mol. The molecule has 25 heavy (non-hydrogen) atoms. The number of ether oxygens (including phenoxy) is 2. The van der Waals surface area contributed by atoms with Crippen LogP contribution in [0.25, 0.3) is 0 Å². The maximum atomic E-state index is 10.3. The second-order valence-electron chi connectivity index (χ2n) is 6.29. The molecule has 2 rings (SSSR count). The van der Waals surface area contributed by atoms with Crippen molar-refractivity contribution in [3.05, 3.63) is 35.9 Å². The minimum atomic E-state index is -0.486. The van der Waals surface area contributed by atoms with E-state index in [1.165, 1.54) is 32.1 Å². The van der Waals surface area contributed by atoms with Crippen molar-refractivity contribution in [1.29, 1.82) is 0 Å². The first-order chi connectivity index (χ1) is 12.1. The van der Waals surface area contributed by atoms with Gasteiger partial charge in [0.05, 0.1) is 13.2 Å². The van der Waals surface area contributed by atoms with E-state index in [-0.39, 0.29) is 11.5 Å². The van der Waals surface area contributed by atoms with Gasteiger partial charge >= 0.3 is 0 Å². The zero-order valence-corrected chi connectivity index (χ0v) is 15.9. The number of carbonyl (C=O) groups is 1. The highest BCUT2D eigenvalue weighted by atomic mass is 35.5. The van der Waals surface area contributed by atoms with Crippen molar-refractivity contribution in [1.82, 2.24) is 0 Å². The maximum absolute atomic E-state index is 10.3. The molecule has 0 unspecified atom stereocenters. The first-order valence-electron chi connectivity index (χ1n) is 9.28. The van der Waals surface area contributed by atoms with Gasteiger partial charge in [0.2, 0.25) is 5.24 Å². The van der Waals surface area contributed by atoms with Gasteiger partial charge in [-0.2, -0.15) is 0 Å². The average molecular weight is 371 g/mol. The Morgan fingerprint density at radius 2 is 1.60 bits per heavy atom. The number of halogens is 1. The van der Waals surface area contributed by atoms with Crippen molar-refractivity contribution in [2.24, 2.45) is 0 Å². The number of aliphatic hydroxyl groups is 1. The molecule has 0 spiro atoms. The smallest absolute Gasteiger partial charge is 0.221 e. The second-order valence-corrected chi connectivity index (χ2v) is 6.71. The number of hydrogen-bond acceptors (Lipinski definition) is 4. The molecule has 1 aromatic carbocycles. The van der Waals surface area contributed by atoms with Gasteiger partial charge in [0.15, 0.2) is 6.29 Å². The standard InChI is InChI=1S/C10H19ClO.C10H12O3/c1-2-3-4-5-6-7-8-9-10(11)12;11-9-6-12-10(13-7-9)8-4-2-1-3-5-8/h2-9H2,1H3;1-5,9-11H,6-7H2. The zero-order valence-electron chi connectivity index (χ0n) is 15.2. The Morgan fingerprint density at radius 3 is 2.16 bits per heavy atom. The van der Waals surface area contributed by atoms with Gasteiger partial charge in [-0.1, -0.05) is 75.8 Å². The van der Waals surface area contributed by atoms with Crippen LogP contribution in [-0.4, -0.2) is 29.7 Å². The fourth-order valence-corrected chi connectivity index (χ4v) is 2.65. The van der Waals surface area contributed by atoms with E-state index in [1.807, 2.05) is 30.3 Å². The monoisotopic (exact) mass is 370 g/mol. The first-order valence-corrected chi connectivity index (χ1v) is 9.65. The van der Waals surface area contributed by atoms with E-state index < -0.39 is 6.10 Å². The van der Waals surface area contributed by atoms with E-state index in [2.05, 4.69) is 6.92 Å². The maximum Gasteiger partial charge on any atom is 0.221 e. The van der Waals surface area contributed by atoms with Gasteiger partial charge in [0.1, 0.15) is 6.10 Å². The summed E-state index contributed by atoms with van der Waals surface area (Å²) in [5.74, 6) is 0. The third kappa shape index (κ3) is 11.3. The van der Waals surface area contributed by atoms with Gasteiger partial charge in [0.25, 0.3) is 0 Å². The summed E-state index contributed by atoms with van der Waals surface area (Å²) in [6, 6.07) is 9.71. The van der Waals surface area contributed by atoms with Gasteiger partial charge in [-0.15, -0.1) is 0 Å². The van der Waals surface area contributed by atoms with Crippen LogP contribution in [0.15, 0.2) is 30.3 Å². The largest absolute Gasteiger partial charge is 0.388 e. The fraction of sp³-hybridized carbons (Fsp3) is 0.650. The van der Waals surface area contributed by atoms with Crippen LogP contribution in [0.5, 0.6) is 0 Å². The SMILES string of the molecule is CCCCCCCCCC(=O)Cl.OC1COC(c2ccccc2)OC1. The van der Waals surface area contributed by atoms with Crippen molar-refractivity contribution in [3.63, 3.8) is 0 Å². The van der Waals surface area contributed by atoms with Crippen LogP contribution in [0.2, 0.25) is 0 Å². The van der Waals surface area contributed by atoms with Gasteiger partial charge in [-0.3, -0.25) is 4.79 Å². The molecule has 142 valence electrons. The summed E-state index contributed by atoms with van der Waals surface area (Å²) in [4.78, 5) is 10.3. The van der Waals surface area contributed by atoms with E-state index in [0.29, 0.717) is 19.6 Å². The Bertz CT molecular complexity index is 444. The number of rotatable bonds is 9. The third-order valence-electron chi connectivity index (χ3n) is 3.93. The second kappa shape index (κ2) is 14.3. The van der Waals surface area contributed by atoms with Crippen LogP contribution in [-0.2, 0) is 14.3 Å². The normalized spacial score (nSPS) is 19.8. The molecule has 1 aliphatic rings. The summed E-state index contributed by atoms with van der Waals surface area (Å²) in [6.45, 7) is 2.91. The first kappa shape index (κ1) is 22.1. The van der Waals surface area contributed by atoms with E-state index >= 15 is 0 Å². The Balaban J connectivity index is 0.000000252. The number of unbranched alkanes of at least 4 members (excludes halogenated alkanes) is 6. The molecule has 1 N–H and O–H groups in total. The molecule has 0 amide bonds. The van der Waals surface area contributed by atoms with Crippen LogP contribution in [0.3, 0.4) is 0 Å². The molecule has 0 radical (unpaired) electrons. The molecule has 1 aliphatic heterocycles. The lowest BCUT2D eigenvalue weighted by Gasteiger charge is -2.26. The van der Waals surface area contributed by atoms with Gasteiger partial charge in [-0.05, 0) is 18.0 Å². The van der Waals surface area contributed by atoms with Crippen LogP contribution in [0.1, 0.15) is 70.1 Å². The Labute approximate surface area is 156 Å². The van der Waals surface area contributed by atoms with Gasteiger partial charge in [0, 0.05) is 12.0 Å². The van der Waals surface area contributed by atoms with Gasteiger partial charge in [-0.25, -0.2) is 0 Å². The fourth-order valence-electron chi connectivity index (χ4n) is 2.52. The molecule has 1 fully saturated rings. The topological polar surface area (TPSA) is 55.8 Å². The third-order valence-corrected chi connectivity index (χ3v) is 4.12. The molecule has 1 saturated heterocycles. The summed E-state index contributed by atoms with van der Waals surface area (Å²) in [6.07, 6.45) is 8.41. The quantitative estimate of drug-likeness (QED) is 0.491. The summed E-state index contributed by atoms with van der Waals surface area (Å²) < 4.78 is 10.6. The van der Waals surface area contributed by atoms with Gasteiger partial charge < -0.3 is 14.6 Å². The minimum absolute atomic E-state index is 0.191. The van der Waals surface area contributed by atoms with E-state index in [4.69, 9.17) is 26.2 Å². The Hall–Kier alpha value is -0.940. The molecule has 1 heterocycles. The number of aliphatic hydroxyl groups excluding tert-OH is 1. The highest BCUT2D eigenvalue weighted by molar-refractivity contribution is 6.63. The van der Waals surface area contributed by atoms with Crippen molar-refractivity contribution >= 4 is 16.8 Å². The lowest BCUT2D eigenvalue weighted by Crippen LogP contribution is -2.30. The molecule has 0 atom stereocenters. The molecular formula is C20H31ClO4. The van der Waals surface area contributed by atoms with Crippen LogP contribution in [0.4, 0.5) is 0 Å². The van der Waals surface area contributed by atoms with E-state index in [1.54, 1.807) is 0 Å². The summed E-state index contributed by atoms with van der Waals surface area (Å²) >= 11 is 5.20. The molecule has 0 bridgehead atoms. The van der Waals surface area contributed by atoms with Crippen molar-refractivity contribution in [3.8, 4) is 0 Å². The highest BCUT2D eigenvalue weighted by Gasteiger charge is 2.21. The molecule has 1 aromatic rings. The van der Waals surface area contributed by atoms with E-state index in [9.17, 15) is 4.79 Å². The van der Waals surface area contributed by atoms with Crippen molar-refractivity contribution in [2.45, 2.75) is 70.7 Å². The molecule has 5 heteroatoms. The van der Waals surface area contributed by atoms with Crippen LogP contribution < -0.4 is 0 Å². The summed E-state index contributed by atoms with van der Waals surface area (Å²) in [5, 5.41) is 8.93. The number of carbonyl (C=O) groups excluding carboxylic acids is 1. The summed E-state index contributed by atoms with van der Waals surface area (Å²) in [7, 11) is 0. The van der Waals surface area contributed by atoms with Crippen molar-refractivity contribution < 1.29 is 19.4 Å². The zero-order chi connectivity index (χ0) is 18.3. The average Bonchev–Trinajstić information content (AvgIpc) is 2.63. The summed E-state index contributed by atoms with van der Waals surface area (Å²) in [5.41, 5.74) is 0.995. The molecule has 0 aromatic heterocycles. The van der Waals surface area contributed by atoms with Crippen LogP contribution in [0, 0.1) is 0 Å².